The van der Waals surface area contributed by atoms with Gasteiger partial charge in [0.25, 0.3) is 11.6 Å². The van der Waals surface area contributed by atoms with Crippen LogP contribution in [0, 0.1) is 10.1 Å². The summed E-state index contributed by atoms with van der Waals surface area (Å²) in [6.45, 7) is 2.08. The number of carbonyl (C=O) groups is 2. The largest absolute Gasteiger partial charge is 0.494 e. The quantitative estimate of drug-likeness (QED) is 0.603. The summed E-state index contributed by atoms with van der Waals surface area (Å²) in [5.41, 5.74) is -0.468. The molecule has 0 saturated carbocycles. The molecule has 0 heterocycles. The lowest BCUT2D eigenvalue weighted by Crippen LogP contribution is -2.29. The summed E-state index contributed by atoms with van der Waals surface area (Å²) in [7, 11) is 1.39. The molecule has 1 rings (SSSR count). The number of hydrogen-bond acceptors (Lipinski definition) is 5. The van der Waals surface area contributed by atoms with Gasteiger partial charge in [0.05, 0.1) is 18.0 Å². The van der Waals surface area contributed by atoms with Gasteiger partial charge in [0.1, 0.15) is 11.3 Å². The zero-order chi connectivity index (χ0) is 16.0. The van der Waals surface area contributed by atoms with Gasteiger partial charge in [-0.15, -0.1) is 0 Å². The molecular weight excluding hydrogens is 280 g/mol. The Labute approximate surface area is 121 Å². The third-order valence-corrected chi connectivity index (χ3v) is 2.71. The molecule has 0 aromatic heterocycles. The van der Waals surface area contributed by atoms with Crippen LogP contribution in [0.3, 0.4) is 0 Å². The van der Waals surface area contributed by atoms with Gasteiger partial charge in [0, 0.05) is 19.7 Å². The second-order valence-electron chi connectivity index (χ2n) is 4.24. The summed E-state index contributed by atoms with van der Waals surface area (Å²) in [5.74, 6) is -1.32. The van der Waals surface area contributed by atoms with Crippen LogP contribution in [0.2, 0.25) is 0 Å². The SMILES string of the molecule is CCOc1ccc([N+](=O)[O-])c(C(=O)N(C)CCC(=O)O)c1. The van der Waals surface area contributed by atoms with Gasteiger partial charge in [0.15, 0.2) is 0 Å². The van der Waals surface area contributed by atoms with Crippen molar-refractivity contribution in [2.24, 2.45) is 0 Å². The Balaban J connectivity index is 3.06. The number of hydrogen-bond donors (Lipinski definition) is 1. The van der Waals surface area contributed by atoms with Crippen molar-refractivity contribution in [3.63, 3.8) is 0 Å². The zero-order valence-corrected chi connectivity index (χ0v) is 11.7. The maximum Gasteiger partial charge on any atom is 0.305 e. The molecule has 0 bridgehead atoms. The highest BCUT2D eigenvalue weighted by molar-refractivity contribution is 5.98. The van der Waals surface area contributed by atoms with Crippen molar-refractivity contribution in [1.82, 2.24) is 4.90 Å². The number of nitro groups is 1. The minimum atomic E-state index is -1.05. The average Bonchev–Trinajstić information content (AvgIpc) is 2.43. The van der Waals surface area contributed by atoms with Crippen molar-refractivity contribution < 1.29 is 24.4 Å². The average molecular weight is 296 g/mol. The normalized spacial score (nSPS) is 10.0. The molecule has 0 aliphatic carbocycles. The number of nitrogens with zero attached hydrogens (tertiary/aromatic N) is 2. The number of nitro benzene ring substituents is 1. The first kappa shape index (κ1) is 16.4. The number of carbonyl (C=O) groups excluding carboxylic acids is 1. The summed E-state index contributed by atoms with van der Waals surface area (Å²) in [4.78, 5) is 34.2. The maximum atomic E-state index is 12.2. The molecule has 0 aliphatic heterocycles. The van der Waals surface area contributed by atoms with Gasteiger partial charge in [-0.2, -0.15) is 0 Å². The van der Waals surface area contributed by atoms with E-state index >= 15 is 0 Å². The lowest BCUT2D eigenvalue weighted by atomic mass is 10.1. The molecule has 1 aromatic carbocycles. The topological polar surface area (TPSA) is 110 Å². The van der Waals surface area contributed by atoms with Crippen LogP contribution in [0.25, 0.3) is 0 Å². The number of aliphatic carboxylic acids is 1. The lowest BCUT2D eigenvalue weighted by Gasteiger charge is -2.16. The molecule has 1 amide bonds. The second-order valence-corrected chi connectivity index (χ2v) is 4.24. The van der Waals surface area contributed by atoms with Gasteiger partial charge < -0.3 is 14.7 Å². The molecule has 114 valence electrons. The van der Waals surface area contributed by atoms with Crippen LogP contribution in [-0.4, -0.2) is 47.0 Å². The monoisotopic (exact) mass is 296 g/mol. The van der Waals surface area contributed by atoms with Crippen molar-refractivity contribution in [2.75, 3.05) is 20.2 Å². The first-order chi connectivity index (χ1) is 9.86. The van der Waals surface area contributed by atoms with Crippen LogP contribution >= 0.6 is 0 Å². The van der Waals surface area contributed by atoms with Crippen LogP contribution in [-0.2, 0) is 4.79 Å². The minimum Gasteiger partial charge on any atom is -0.494 e. The molecule has 0 aliphatic rings. The number of benzene rings is 1. The van der Waals surface area contributed by atoms with Gasteiger partial charge in [-0.1, -0.05) is 0 Å². The highest BCUT2D eigenvalue weighted by Gasteiger charge is 2.24. The third kappa shape index (κ3) is 4.44. The molecule has 1 N–H and O–H groups in total. The Morgan fingerprint density at radius 3 is 2.62 bits per heavy atom. The van der Waals surface area contributed by atoms with Gasteiger partial charge in [0.2, 0.25) is 0 Å². The molecule has 0 unspecified atom stereocenters. The van der Waals surface area contributed by atoms with Crippen molar-refractivity contribution in [2.45, 2.75) is 13.3 Å². The first-order valence-electron chi connectivity index (χ1n) is 6.25. The van der Waals surface area contributed by atoms with Crippen LogP contribution in [0.5, 0.6) is 5.75 Å². The van der Waals surface area contributed by atoms with Crippen molar-refractivity contribution >= 4 is 17.6 Å². The fourth-order valence-electron chi connectivity index (χ4n) is 1.67. The Bertz CT molecular complexity index is 558. The smallest absolute Gasteiger partial charge is 0.305 e. The van der Waals surface area contributed by atoms with Crippen molar-refractivity contribution in [1.29, 1.82) is 0 Å². The number of carboxylic acid groups (broad SMARTS) is 1. The Morgan fingerprint density at radius 2 is 2.10 bits per heavy atom. The number of rotatable bonds is 7. The first-order valence-corrected chi connectivity index (χ1v) is 6.25. The molecule has 1 aromatic rings. The fraction of sp³-hybridized carbons (Fsp3) is 0.385. The van der Waals surface area contributed by atoms with E-state index in [1.165, 1.54) is 25.2 Å². The summed E-state index contributed by atoms with van der Waals surface area (Å²) in [6, 6.07) is 3.90. The standard InChI is InChI=1S/C13H16N2O6/c1-3-21-9-4-5-11(15(19)20)10(8-9)13(18)14(2)7-6-12(16)17/h4-5,8H,3,6-7H2,1-2H3,(H,16,17). The van der Waals surface area contributed by atoms with Crippen molar-refractivity contribution in [3.05, 3.63) is 33.9 Å². The van der Waals surface area contributed by atoms with E-state index in [-0.39, 0.29) is 24.2 Å². The van der Waals surface area contributed by atoms with E-state index in [4.69, 9.17) is 9.84 Å². The highest BCUT2D eigenvalue weighted by Crippen LogP contribution is 2.25. The molecule has 0 saturated heterocycles. The minimum absolute atomic E-state index is 0.0375. The summed E-state index contributed by atoms with van der Waals surface area (Å²) in [6.07, 6.45) is -0.235. The molecule has 0 spiro atoms. The van der Waals surface area contributed by atoms with E-state index in [9.17, 15) is 19.7 Å². The van der Waals surface area contributed by atoms with Crippen LogP contribution in [0.15, 0.2) is 18.2 Å². The van der Waals surface area contributed by atoms with Crippen LogP contribution < -0.4 is 4.74 Å². The highest BCUT2D eigenvalue weighted by atomic mass is 16.6. The van der Waals surface area contributed by atoms with Crippen molar-refractivity contribution in [3.8, 4) is 5.75 Å². The molecular formula is C13H16N2O6. The Kier molecular flexibility index (Phi) is 5.65. The fourth-order valence-corrected chi connectivity index (χ4v) is 1.67. The van der Waals surface area contributed by atoms with E-state index in [1.807, 2.05) is 0 Å². The summed E-state index contributed by atoms with van der Waals surface area (Å²) in [5, 5.41) is 19.6. The van der Waals surface area contributed by atoms with Gasteiger partial charge >= 0.3 is 5.97 Å². The number of carboxylic acids is 1. The lowest BCUT2D eigenvalue weighted by molar-refractivity contribution is -0.385. The number of ether oxygens (including phenoxy) is 1. The molecule has 0 fully saturated rings. The van der Waals surface area contributed by atoms with Gasteiger partial charge in [-0.05, 0) is 19.1 Å². The van der Waals surface area contributed by atoms with E-state index in [0.717, 1.165) is 4.90 Å². The summed E-state index contributed by atoms with van der Waals surface area (Å²) >= 11 is 0. The predicted molar refractivity (Wildman–Crippen MR) is 73.5 cm³/mol. The third-order valence-electron chi connectivity index (χ3n) is 2.71. The summed E-state index contributed by atoms with van der Waals surface area (Å²) < 4.78 is 5.22. The second kappa shape index (κ2) is 7.22. The Morgan fingerprint density at radius 1 is 1.43 bits per heavy atom. The van der Waals surface area contributed by atoms with E-state index < -0.39 is 16.8 Å². The molecule has 0 radical (unpaired) electrons. The molecule has 8 heteroatoms. The molecule has 8 nitrogen and oxygen atoms in total. The van der Waals surface area contributed by atoms with Gasteiger partial charge in [-0.3, -0.25) is 19.7 Å². The van der Waals surface area contributed by atoms with Crippen LogP contribution in [0.1, 0.15) is 23.7 Å². The Hall–Kier alpha value is -2.64. The predicted octanol–water partition coefficient (Wildman–Crippen LogP) is 1.54. The van der Waals surface area contributed by atoms with Crippen LogP contribution in [0.4, 0.5) is 5.69 Å². The maximum absolute atomic E-state index is 12.2. The van der Waals surface area contributed by atoms with Gasteiger partial charge in [-0.25, -0.2) is 0 Å². The molecule has 0 atom stereocenters. The molecule has 21 heavy (non-hydrogen) atoms. The van der Waals surface area contributed by atoms with E-state index in [0.29, 0.717) is 12.4 Å². The van der Waals surface area contributed by atoms with E-state index in [1.54, 1.807) is 6.92 Å². The van der Waals surface area contributed by atoms with E-state index in [2.05, 4.69) is 0 Å². The zero-order valence-electron chi connectivity index (χ0n) is 11.7. The number of amides is 1.